The molecule has 0 aromatic heterocycles. The van der Waals surface area contributed by atoms with E-state index in [0.29, 0.717) is 0 Å². The molecule has 0 saturated heterocycles. The van der Waals surface area contributed by atoms with Crippen molar-refractivity contribution in [3.63, 3.8) is 0 Å². The summed E-state index contributed by atoms with van der Waals surface area (Å²) in [6.45, 7) is 1.77. The molecular formula is C14H22CaO9S. The molecule has 1 N–H and O–H groups in total. The molecule has 0 unspecified atom stereocenters. The fraction of sp³-hybridized carbons (Fsp3) is 0.500. The molecule has 0 aliphatic heterocycles. The van der Waals surface area contributed by atoms with Crippen LogP contribution in [-0.4, -0.2) is 94.2 Å². The van der Waals surface area contributed by atoms with Crippen LogP contribution in [0.4, 0.5) is 0 Å². The number of ether oxygens (including phenoxy) is 3. The fourth-order valence-electron chi connectivity index (χ4n) is 1.28. The Balaban J connectivity index is 0. The molecular weight excluding hydrogens is 384 g/mol. The normalized spacial score (nSPS) is 12.4. The zero-order valence-corrected chi connectivity index (χ0v) is 14.2. The maximum absolute atomic E-state index is 11.9. The standard InChI is InChI=1S/C14H20O9S.Ca.2H/c1-3-5-12(15)22-9-11(10-23-13(16)6-4-2)14(17)21-7-8-24(18,19)20;;;/h3-6,11H,7-10H2,1-2H3,(H,18,19,20);;;. The molecule has 25 heavy (non-hydrogen) atoms. The third-order valence-electron chi connectivity index (χ3n) is 2.38. The second-order valence-corrected chi connectivity index (χ2v) is 5.98. The van der Waals surface area contributed by atoms with Crippen molar-refractivity contribution in [2.75, 3.05) is 25.6 Å². The molecule has 11 heteroatoms. The molecule has 0 aromatic carbocycles. The van der Waals surface area contributed by atoms with Gasteiger partial charge in [0, 0.05) is 12.2 Å². The third-order valence-corrected chi connectivity index (χ3v) is 3.06. The number of hydrogen-bond acceptors (Lipinski definition) is 8. The molecule has 0 rings (SSSR count). The second kappa shape index (κ2) is 14.3. The number of rotatable bonds is 10. The van der Waals surface area contributed by atoms with Crippen molar-refractivity contribution in [3.8, 4) is 0 Å². The van der Waals surface area contributed by atoms with Crippen LogP contribution in [0.3, 0.4) is 0 Å². The van der Waals surface area contributed by atoms with Crippen LogP contribution >= 0.6 is 0 Å². The predicted octanol–water partition coefficient (Wildman–Crippen LogP) is -0.644. The third kappa shape index (κ3) is 15.1. The summed E-state index contributed by atoms with van der Waals surface area (Å²) in [4.78, 5) is 34.4. The van der Waals surface area contributed by atoms with Gasteiger partial charge in [-0.25, -0.2) is 9.59 Å². The molecule has 0 atom stereocenters. The van der Waals surface area contributed by atoms with Gasteiger partial charge >= 0.3 is 55.6 Å². The zero-order chi connectivity index (χ0) is 18.6. The zero-order valence-electron chi connectivity index (χ0n) is 13.3. The first-order valence-electron chi connectivity index (χ1n) is 6.90. The van der Waals surface area contributed by atoms with Gasteiger partial charge in [0.1, 0.15) is 31.5 Å². The molecule has 0 bridgehead atoms. The van der Waals surface area contributed by atoms with Gasteiger partial charge in [0.2, 0.25) is 0 Å². The van der Waals surface area contributed by atoms with Gasteiger partial charge in [-0.2, -0.15) is 8.42 Å². The Kier molecular flexibility index (Phi) is 15.0. The van der Waals surface area contributed by atoms with Crippen LogP contribution in [0.5, 0.6) is 0 Å². The van der Waals surface area contributed by atoms with E-state index in [1.54, 1.807) is 13.8 Å². The molecule has 140 valence electrons. The summed E-state index contributed by atoms with van der Waals surface area (Å²) in [5.74, 6) is -4.24. The van der Waals surface area contributed by atoms with Crippen molar-refractivity contribution in [1.29, 1.82) is 0 Å². The fourth-order valence-corrected chi connectivity index (χ4v) is 1.58. The molecule has 0 aromatic rings. The summed E-state index contributed by atoms with van der Waals surface area (Å²) < 4.78 is 44.0. The Bertz CT molecular complexity index is 567. The Labute approximate surface area is 176 Å². The van der Waals surface area contributed by atoms with E-state index >= 15 is 0 Å². The van der Waals surface area contributed by atoms with Gasteiger partial charge in [-0.1, -0.05) is 12.2 Å². The van der Waals surface area contributed by atoms with Crippen LogP contribution < -0.4 is 0 Å². The van der Waals surface area contributed by atoms with Gasteiger partial charge in [0.15, 0.2) is 0 Å². The molecule has 0 radical (unpaired) electrons. The van der Waals surface area contributed by atoms with Gasteiger partial charge in [-0.3, -0.25) is 9.35 Å². The van der Waals surface area contributed by atoms with Crippen LogP contribution in [0, 0.1) is 5.92 Å². The first kappa shape index (κ1) is 26.3. The monoisotopic (exact) mass is 406 g/mol. The van der Waals surface area contributed by atoms with E-state index in [-0.39, 0.29) is 37.7 Å². The minimum atomic E-state index is -4.28. The van der Waals surface area contributed by atoms with E-state index in [1.165, 1.54) is 12.2 Å². The molecule has 0 aliphatic carbocycles. The SMILES string of the molecule is CC=CC(=O)OCC(COC(=O)C=CC)C(=O)OCCS(=O)(=O)O.[CaH2]. The van der Waals surface area contributed by atoms with Crippen LogP contribution in [0.25, 0.3) is 0 Å². The van der Waals surface area contributed by atoms with E-state index < -0.39 is 59.5 Å². The van der Waals surface area contributed by atoms with Crippen molar-refractivity contribution in [2.24, 2.45) is 5.92 Å². The number of esters is 3. The van der Waals surface area contributed by atoms with Gasteiger partial charge in [-0.05, 0) is 13.8 Å². The molecule has 0 aliphatic rings. The van der Waals surface area contributed by atoms with Gasteiger partial charge in [0.25, 0.3) is 10.1 Å². The molecule has 0 amide bonds. The number of carbonyl (C=O) groups excluding carboxylic acids is 3. The Morgan fingerprint density at radius 3 is 1.76 bits per heavy atom. The van der Waals surface area contributed by atoms with Crippen molar-refractivity contribution in [3.05, 3.63) is 24.3 Å². The van der Waals surface area contributed by atoms with Gasteiger partial charge < -0.3 is 14.2 Å². The van der Waals surface area contributed by atoms with Gasteiger partial charge in [-0.15, -0.1) is 0 Å². The van der Waals surface area contributed by atoms with Crippen molar-refractivity contribution < 1.29 is 41.6 Å². The number of carbonyl (C=O) groups is 3. The number of allylic oxidation sites excluding steroid dienone is 2. The predicted molar refractivity (Wildman–Crippen MR) is 91.0 cm³/mol. The van der Waals surface area contributed by atoms with E-state index in [9.17, 15) is 22.8 Å². The van der Waals surface area contributed by atoms with Gasteiger partial charge in [0.05, 0.1) is 0 Å². The van der Waals surface area contributed by atoms with E-state index in [4.69, 9.17) is 14.0 Å². The second-order valence-electron chi connectivity index (χ2n) is 4.41. The summed E-state index contributed by atoms with van der Waals surface area (Å²) in [5.41, 5.74) is 0. The van der Waals surface area contributed by atoms with Crippen LogP contribution in [0.2, 0.25) is 0 Å². The van der Waals surface area contributed by atoms with E-state index in [0.717, 1.165) is 12.2 Å². The average molecular weight is 406 g/mol. The van der Waals surface area contributed by atoms with Crippen LogP contribution in [0.1, 0.15) is 13.8 Å². The molecule has 0 saturated carbocycles. The number of hydrogen-bond donors (Lipinski definition) is 1. The summed E-state index contributed by atoms with van der Waals surface area (Å²) in [6, 6.07) is 0. The quantitative estimate of drug-likeness (QED) is 0.165. The Morgan fingerprint density at radius 2 is 1.40 bits per heavy atom. The summed E-state index contributed by atoms with van der Waals surface area (Å²) in [6.07, 6.45) is 5.14. The molecule has 9 nitrogen and oxygen atoms in total. The average Bonchev–Trinajstić information content (AvgIpc) is 2.46. The first-order chi connectivity index (χ1) is 11.2. The van der Waals surface area contributed by atoms with E-state index in [2.05, 4.69) is 4.74 Å². The topological polar surface area (TPSA) is 133 Å². The first-order valence-corrected chi connectivity index (χ1v) is 8.51. The van der Waals surface area contributed by atoms with Crippen LogP contribution in [-0.2, 0) is 38.7 Å². The van der Waals surface area contributed by atoms with E-state index in [1.807, 2.05) is 0 Å². The Morgan fingerprint density at radius 1 is 0.960 bits per heavy atom. The molecule has 0 heterocycles. The minimum absolute atomic E-state index is 0. The maximum atomic E-state index is 11.9. The summed E-state index contributed by atoms with van der Waals surface area (Å²) >= 11 is 0. The Hall–Kier alpha value is -0.940. The van der Waals surface area contributed by atoms with Crippen molar-refractivity contribution >= 4 is 65.8 Å². The summed E-state index contributed by atoms with van der Waals surface area (Å²) in [5, 5.41) is 0. The van der Waals surface area contributed by atoms with Crippen LogP contribution in [0.15, 0.2) is 24.3 Å². The summed E-state index contributed by atoms with van der Waals surface area (Å²) in [7, 11) is -4.28. The van der Waals surface area contributed by atoms with Crippen molar-refractivity contribution in [2.45, 2.75) is 13.8 Å². The molecule has 0 spiro atoms. The van der Waals surface area contributed by atoms with Crippen molar-refractivity contribution in [1.82, 2.24) is 0 Å². The molecule has 0 fully saturated rings.